The number of anilines is 1. The topological polar surface area (TPSA) is 77.5 Å². The first-order chi connectivity index (χ1) is 14.4. The standard InChI is InChI=1S/C23H22N2O4S/c1-14-8-9-18(15(2)10-14)20-13-30-22(25-20)16-6-5-7-17(11-16)24-19(23(27)29-4)12-21(26)28-3/h5-13,24H,1-4H3/b19-12+. The summed E-state index contributed by atoms with van der Waals surface area (Å²) in [7, 11) is 2.49. The molecule has 0 amide bonds. The molecule has 0 aliphatic rings. The summed E-state index contributed by atoms with van der Waals surface area (Å²) >= 11 is 1.54. The minimum Gasteiger partial charge on any atom is -0.466 e. The van der Waals surface area contributed by atoms with Crippen LogP contribution in [0.4, 0.5) is 5.69 Å². The number of thiazole rings is 1. The van der Waals surface area contributed by atoms with Crippen LogP contribution in [0.3, 0.4) is 0 Å². The summed E-state index contributed by atoms with van der Waals surface area (Å²) in [5, 5.41) is 5.81. The highest BCUT2D eigenvalue weighted by molar-refractivity contribution is 7.13. The zero-order chi connectivity index (χ0) is 21.7. The summed E-state index contributed by atoms with van der Waals surface area (Å²) in [4.78, 5) is 28.3. The van der Waals surface area contributed by atoms with Crippen molar-refractivity contribution in [3.63, 3.8) is 0 Å². The fraction of sp³-hybridized carbons (Fsp3) is 0.174. The van der Waals surface area contributed by atoms with E-state index in [4.69, 9.17) is 9.72 Å². The van der Waals surface area contributed by atoms with Gasteiger partial charge in [-0.25, -0.2) is 14.6 Å². The molecule has 0 unspecified atom stereocenters. The van der Waals surface area contributed by atoms with E-state index in [-0.39, 0.29) is 5.70 Å². The maximum absolute atomic E-state index is 12.0. The third-order valence-corrected chi connectivity index (χ3v) is 5.31. The average Bonchev–Trinajstić information content (AvgIpc) is 3.22. The van der Waals surface area contributed by atoms with Crippen LogP contribution >= 0.6 is 11.3 Å². The number of hydrogen-bond acceptors (Lipinski definition) is 7. The molecule has 3 rings (SSSR count). The van der Waals surface area contributed by atoms with E-state index in [1.54, 1.807) is 17.4 Å². The third kappa shape index (κ3) is 4.93. The number of hydrogen-bond donors (Lipinski definition) is 1. The van der Waals surface area contributed by atoms with Crippen molar-refractivity contribution in [2.45, 2.75) is 13.8 Å². The van der Waals surface area contributed by atoms with Gasteiger partial charge in [-0.2, -0.15) is 0 Å². The van der Waals surface area contributed by atoms with Crippen LogP contribution in [-0.4, -0.2) is 31.1 Å². The van der Waals surface area contributed by atoms with Gasteiger partial charge >= 0.3 is 11.9 Å². The molecular weight excluding hydrogens is 400 g/mol. The molecule has 0 spiro atoms. The lowest BCUT2D eigenvalue weighted by Crippen LogP contribution is -2.15. The van der Waals surface area contributed by atoms with Gasteiger partial charge in [-0.15, -0.1) is 11.3 Å². The van der Waals surface area contributed by atoms with Crippen molar-refractivity contribution in [3.05, 3.63) is 70.7 Å². The molecule has 0 fully saturated rings. The van der Waals surface area contributed by atoms with Gasteiger partial charge < -0.3 is 14.8 Å². The number of aryl methyl sites for hydroxylation is 2. The molecule has 0 aliphatic heterocycles. The Labute approximate surface area is 179 Å². The molecule has 0 saturated heterocycles. The van der Waals surface area contributed by atoms with Crippen LogP contribution in [0.25, 0.3) is 21.8 Å². The number of ether oxygens (including phenoxy) is 2. The van der Waals surface area contributed by atoms with E-state index in [2.05, 4.69) is 42.1 Å². The van der Waals surface area contributed by atoms with Gasteiger partial charge in [-0.1, -0.05) is 35.9 Å². The van der Waals surface area contributed by atoms with E-state index < -0.39 is 11.9 Å². The number of esters is 2. The highest BCUT2D eigenvalue weighted by Gasteiger charge is 2.14. The van der Waals surface area contributed by atoms with Gasteiger partial charge in [-0.3, -0.25) is 0 Å². The third-order valence-electron chi connectivity index (χ3n) is 4.42. The monoisotopic (exact) mass is 422 g/mol. The number of carbonyl (C=O) groups is 2. The number of aromatic nitrogens is 1. The van der Waals surface area contributed by atoms with E-state index in [1.807, 2.05) is 23.6 Å². The molecule has 0 saturated carbocycles. The van der Waals surface area contributed by atoms with Gasteiger partial charge in [0, 0.05) is 22.2 Å². The van der Waals surface area contributed by atoms with Crippen molar-refractivity contribution < 1.29 is 19.1 Å². The first kappa shape index (κ1) is 21.3. The largest absolute Gasteiger partial charge is 0.466 e. The van der Waals surface area contributed by atoms with Crippen LogP contribution < -0.4 is 5.32 Å². The number of carbonyl (C=O) groups excluding carboxylic acids is 2. The Balaban J connectivity index is 1.88. The number of methoxy groups -OCH3 is 2. The minimum absolute atomic E-state index is 0.0170. The van der Waals surface area contributed by atoms with Gasteiger partial charge in [0.25, 0.3) is 0 Å². The predicted molar refractivity (Wildman–Crippen MR) is 118 cm³/mol. The zero-order valence-corrected chi connectivity index (χ0v) is 18.0. The predicted octanol–water partition coefficient (Wildman–Crippen LogP) is 4.74. The van der Waals surface area contributed by atoms with E-state index in [1.165, 1.54) is 25.3 Å². The normalized spacial score (nSPS) is 11.1. The second-order valence-corrected chi connectivity index (χ2v) is 7.49. The molecule has 154 valence electrons. The van der Waals surface area contributed by atoms with Gasteiger partial charge in [0.1, 0.15) is 10.7 Å². The fourth-order valence-corrected chi connectivity index (χ4v) is 3.77. The van der Waals surface area contributed by atoms with Crippen LogP contribution in [-0.2, 0) is 19.1 Å². The molecular formula is C23H22N2O4S. The first-order valence-corrected chi connectivity index (χ1v) is 10.1. The van der Waals surface area contributed by atoms with Crippen LogP contribution in [0.15, 0.2) is 59.6 Å². The van der Waals surface area contributed by atoms with Gasteiger partial charge in [-0.05, 0) is 31.5 Å². The highest BCUT2D eigenvalue weighted by atomic mass is 32.1. The van der Waals surface area contributed by atoms with Crippen LogP contribution in [0.1, 0.15) is 11.1 Å². The maximum atomic E-state index is 12.0. The first-order valence-electron chi connectivity index (χ1n) is 9.20. The highest BCUT2D eigenvalue weighted by Crippen LogP contribution is 2.32. The quantitative estimate of drug-likeness (QED) is 0.457. The second-order valence-electron chi connectivity index (χ2n) is 6.63. The molecule has 7 heteroatoms. The average molecular weight is 423 g/mol. The smallest absolute Gasteiger partial charge is 0.354 e. The van der Waals surface area contributed by atoms with Crippen molar-refractivity contribution >= 4 is 29.0 Å². The van der Waals surface area contributed by atoms with Crippen LogP contribution in [0, 0.1) is 13.8 Å². The molecule has 30 heavy (non-hydrogen) atoms. The Morgan fingerprint density at radius 3 is 2.57 bits per heavy atom. The molecule has 1 heterocycles. The molecule has 1 N–H and O–H groups in total. The van der Waals surface area contributed by atoms with Gasteiger partial charge in [0.15, 0.2) is 0 Å². The second kappa shape index (κ2) is 9.37. The molecule has 0 aliphatic carbocycles. The Bertz CT molecular complexity index is 1120. The van der Waals surface area contributed by atoms with Crippen molar-refractivity contribution in [2.75, 3.05) is 19.5 Å². The van der Waals surface area contributed by atoms with Crippen LogP contribution in [0.5, 0.6) is 0 Å². The van der Waals surface area contributed by atoms with Gasteiger partial charge in [0.05, 0.1) is 26.0 Å². The Morgan fingerprint density at radius 1 is 1.07 bits per heavy atom. The number of nitrogens with one attached hydrogen (secondary N) is 1. The summed E-state index contributed by atoms with van der Waals surface area (Å²) < 4.78 is 9.33. The molecule has 0 radical (unpaired) electrons. The summed E-state index contributed by atoms with van der Waals surface area (Å²) in [5.74, 6) is -1.32. The number of nitrogens with zero attached hydrogens (tertiary/aromatic N) is 1. The fourth-order valence-electron chi connectivity index (χ4n) is 2.95. The molecule has 0 bridgehead atoms. The molecule has 6 nitrogen and oxygen atoms in total. The lowest BCUT2D eigenvalue weighted by atomic mass is 10.0. The molecule has 1 aromatic heterocycles. The Morgan fingerprint density at radius 2 is 1.87 bits per heavy atom. The summed E-state index contributed by atoms with van der Waals surface area (Å²) in [6.07, 6.45) is 1.06. The lowest BCUT2D eigenvalue weighted by molar-refractivity contribution is -0.138. The van der Waals surface area contributed by atoms with Crippen molar-refractivity contribution in [1.29, 1.82) is 0 Å². The molecule has 0 atom stereocenters. The van der Waals surface area contributed by atoms with Crippen LogP contribution in [0.2, 0.25) is 0 Å². The summed E-state index contributed by atoms with van der Waals surface area (Å²) in [5.41, 5.74) is 5.92. The van der Waals surface area contributed by atoms with Crippen molar-refractivity contribution in [3.8, 4) is 21.8 Å². The van der Waals surface area contributed by atoms with E-state index in [0.717, 1.165) is 27.9 Å². The van der Waals surface area contributed by atoms with Crippen molar-refractivity contribution in [2.24, 2.45) is 0 Å². The summed E-state index contributed by atoms with van der Waals surface area (Å²) in [6.45, 7) is 4.15. The number of rotatable bonds is 6. The zero-order valence-electron chi connectivity index (χ0n) is 17.2. The Kier molecular flexibility index (Phi) is 6.64. The van der Waals surface area contributed by atoms with E-state index in [0.29, 0.717) is 5.69 Å². The molecule has 2 aromatic carbocycles. The van der Waals surface area contributed by atoms with Crippen molar-refractivity contribution in [1.82, 2.24) is 4.98 Å². The Hall–Kier alpha value is -3.45. The SMILES string of the molecule is COC(=O)/C=C(/Nc1cccc(-c2nc(-c3ccc(C)cc3C)cs2)c1)C(=O)OC. The minimum atomic E-state index is -0.669. The number of benzene rings is 2. The lowest BCUT2D eigenvalue weighted by Gasteiger charge is -2.10. The van der Waals surface area contributed by atoms with E-state index in [9.17, 15) is 9.59 Å². The van der Waals surface area contributed by atoms with E-state index >= 15 is 0 Å². The van der Waals surface area contributed by atoms with Gasteiger partial charge in [0.2, 0.25) is 0 Å². The molecule has 3 aromatic rings. The maximum Gasteiger partial charge on any atom is 0.354 e. The summed E-state index contributed by atoms with van der Waals surface area (Å²) in [6, 6.07) is 13.7.